The molecule has 3 heteroatoms. The highest BCUT2D eigenvalue weighted by Gasteiger charge is 2.03. The molecule has 0 unspecified atom stereocenters. The van der Waals surface area contributed by atoms with Gasteiger partial charge in [-0.1, -0.05) is 29.3 Å². The van der Waals surface area contributed by atoms with Gasteiger partial charge in [0.25, 0.3) is 0 Å². The summed E-state index contributed by atoms with van der Waals surface area (Å²) in [5.41, 5.74) is 3.56. The molecule has 0 heterocycles. The van der Waals surface area contributed by atoms with Crippen molar-refractivity contribution in [3.05, 3.63) is 64.7 Å². The molecule has 0 atom stereocenters. The Balaban J connectivity index is 2.13. The molecule has 1 N–H and O–H groups in total. The normalized spacial score (nSPS) is 10.4. The number of anilines is 1. The van der Waals surface area contributed by atoms with Crippen LogP contribution in [0.5, 0.6) is 0 Å². The van der Waals surface area contributed by atoms with E-state index in [0.29, 0.717) is 6.54 Å². The van der Waals surface area contributed by atoms with Gasteiger partial charge in [0.1, 0.15) is 11.6 Å². The minimum atomic E-state index is -0.445. The summed E-state index contributed by atoms with van der Waals surface area (Å²) in [5, 5.41) is 2.91. The second-order valence-electron chi connectivity index (χ2n) is 4.47. The topological polar surface area (TPSA) is 12.0 Å². The molecule has 0 saturated heterocycles. The maximum atomic E-state index is 13.4. The molecular formula is C15H15F2N. The van der Waals surface area contributed by atoms with Crippen molar-refractivity contribution in [2.24, 2.45) is 0 Å². The number of hydrogen-bond acceptors (Lipinski definition) is 1. The molecule has 1 nitrogen and oxygen atoms in total. The molecule has 0 aromatic heterocycles. The Labute approximate surface area is 105 Å². The van der Waals surface area contributed by atoms with Crippen molar-refractivity contribution in [1.82, 2.24) is 0 Å². The van der Waals surface area contributed by atoms with Crippen LogP contribution in [0.3, 0.4) is 0 Å². The van der Waals surface area contributed by atoms with Gasteiger partial charge in [-0.3, -0.25) is 0 Å². The Morgan fingerprint density at radius 3 is 2.28 bits per heavy atom. The van der Waals surface area contributed by atoms with Crippen LogP contribution in [-0.2, 0) is 6.54 Å². The van der Waals surface area contributed by atoms with Gasteiger partial charge in [0.15, 0.2) is 0 Å². The summed E-state index contributed by atoms with van der Waals surface area (Å²) in [6.07, 6.45) is 0. The Morgan fingerprint density at radius 2 is 1.61 bits per heavy atom. The van der Waals surface area contributed by atoms with Gasteiger partial charge in [-0.25, -0.2) is 8.78 Å². The third-order valence-corrected chi connectivity index (χ3v) is 2.69. The van der Waals surface area contributed by atoms with Gasteiger partial charge in [0.2, 0.25) is 0 Å². The van der Waals surface area contributed by atoms with Crippen LogP contribution < -0.4 is 5.32 Å². The molecule has 0 bridgehead atoms. The largest absolute Gasteiger partial charge is 0.379 e. The van der Waals surface area contributed by atoms with Gasteiger partial charge in [-0.2, -0.15) is 0 Å². The lowest BCUT2D eigenvalue weighted by Gasteiger charge is -2.09. The number of aryl methyl sites for hydroxylation is 2. The molecule has 0 fully saturated rings. The summed E-state index contributed by atoms with van der Waals surface area (Å²) in [4.78, 5) is 0. The maximum Gasteiger partial charge on any atom is 0.146 e. The molecule has 2 rings (SSSR count). The van der Waals surface area contributed by atoms with Crippen molar-refractivity contribution < 1.29 is 8.78 Å². The predicted octanol–water partition coefficient (Wildman–Crippen LogP) is 4.19. The SMILES string of the molecule is Cc1cc(C)cc(CNc2cc(F)ccc2F)c1. The van der Waals surface area contributed by atoms with E-state index in [4.69, 9.17) is 0 Å². The van der Waals surface area contributed by atoms with Crippen LogP contribution in [0.15, 0.2) is 36.4 Å². The Kier molecular flexibility index (Phi) is 3.60. The van der Waals surface area contributed by atoms with E-state index in [1.807, 2.05) is 26.0 Å². The molecule has 94 valence electrons. The van der Waals surface area contributed by atoms with E-state index in [1.165, 1.54) is 0 Å². The molecule has 0 spiro atoms. The molecule has 0 radical (unpaired) electrons. The predicted molar refractivity (Wildman–Crippen MR) is 69.6 cm³/mol. The first-order chi connectivity index (χ1) is 8.54. The van der Waals surface area contributed by atoms with Crippen molar-refractivity contribution in [1.29, 1.82) is 0 Å². The van der Waals surface area contributed by atoms with Crippen molar-refractivity contribution >= 4 is 5.69 Å². The van der Waals surface area contributed by atoms with Crippen LogP contribution in [0.1, 0.15) is 16.7 Å². The van der Waals surface area contributed by atoms with Crippen LogP contribution in [0.2, 0.25) is 0 Å². The zero-order valence-electron chi connectivity index (χ0n) is 10.4. The standard InChI is InChI=1S/C15H15F2N/c1-10-5-11(2)7-12(6-10)9-18-15-8-13(16)3-4-14(15)17/h3-8,18H,9H2,1-2H3. The van der Waals surface area contributed by atoms with Crippen LogP contribution in [0, 0.1) is 25.5 Å². The lowest BCUT2D eigenvalue weighted by molar-refractivity contribution is 0.602. The van der Waals surface area contributed by atoms with E-state index >= 15 is 0 Å². The molecule has 18 heavy (non-hydrogen) atoms. The van der Waals surface area contributed by atoms with E-state index in [-0.39, 0.29) is 5.69 Å². The molecule has 0 aliphatic carbocycles. The summed E-state index contributed by atoms with van der Waals surface area (Å²) in [7, 11) is 0. The average Bonchev–Trinajstić information content (AvgIpc) is 2.29. The molecule has 0 saturated carbocycles. The van der Waals surface area contributed by atoms with Gasteiger partial charge in [0.05, 0.1) is 5.69 Å². The van der Waals surface area contributed by atoms with E-state index in [2.05, 4.69) is 11.4 Å². The van der Waals surface area contributed by atoms with Crippen molar-refractivity contribution in [2.75, 3.05) is 5.32 Å². The monoisotopic (exact) mass is 247 g/mol. The van der Waals surface area contributed by atoms with Crippen molar-refractivity contribution in [3.63, 3.8) is 0 Å². The molecule has 2 aromatic rings. The van der Waals surface area contributed by atoms with Crippen molar-refractivity contribution in [3.8, 4) is 0 Å². The molecule has 2 aromatic carbocycles. The highest BCUT2D eigenvalue weighted by Crippen LogP contribution is 2.17. The van der Waals surface area contributed by atoms with E-state index in [0.717, 1.165) is 34.9 Å². The minimum Gasteiger partial charge on any atom is -0.379 e. The van der Waals surface area contributed by atoms with Gasteiger partial charge < -0.3 is 5.32 Å². The average molecular weight is 247 g/mol. The first kappa shape index (κ1) is 12.6. The fourth-order valence-corrected chi connectivity index (χ4v) is 2.00. The molecular weight excluding hydrogens is 232 g/mol. The highest BCUT2D eigenvalue weighted by molar-refractivity contribution is 5.45. The molecule has 0 aliphatic heterocycles. The van der Waals surface area contributed by atoms with Gasteiger partial charge in [-0.05, 0) is 37.6 Å². The van der Waals surface area contributed by atoms with Crippen molar-refractivity contribution in [2.45, 2.75) is 20.4 Å². The fraction of sp³-hybridized carbons (Fsp3) is 0.200. The number of hydrogen-bond donors (Lipinski definition) is 1. The number of nitrogens with one attached hydrogen (secondary N) is 1. The third kappa shape index (κ3) is 3.06. The van der Waals surface area contributed by atoms with Crippen LogP contribution in [0.25, 0.3) is 0 Å². The number of rotatable bonds is 3. The lowest BCUT2D eigenvalue weighted by atomic mass is 10.1. The maximum absolute atomic E-state index is 13.4. The Morgan fingerprint density at radius 1 is 0.944 bits per heavy atom. The van der Waals surface area contributed by atoms with Crippen LogP contribution in [-0.4, -0.2) is 0 Å². The van der Waals surface area contributed by atoms with Crippen LogP contribution >= 0.6 is 0 Å². The molecule has 0 aliphatic rings. The number of halogens is 2. The third-order valence-electron chi connectivity index (χ3n) is 2.69. The van der Waals surface area contributed by atoms with Gasteiger partial charge in [-0.15, -0.1) is 0 Å². The summed E-state index contributed by atoms with van der Waals surface area (Å²) < 4.78 is 26.4. The second kappa shape index (κ2) is 5.17. The zero-order valence-corrected chi connectivity index (χ0v) is 10.4. The van der Waals surface area contributed by atoms with Gasteiger partial charge in [0, 0.05) is 6.54 Å². The van der Waals surface area contributed by atoms with E-state index in [9.17, 15) is 8.78 Å². The van der Waals surface area contributed by atoms with E-state index in [1.54, 1.807) is 0 Å². The van der Waals surface area contributed by atoms with E-state index < -0.39 is 11.6 Å². The van der Waals surface area contributed by atoms with Gasteiger partial charge >= 0.3 is 0 Å². The lowest BCUT2D eigenvalue weighted by Crippen LogP contribution is -2.02. The smallest absolute Gasteiger partial charge is 0.146 e. The first-order valence-corrected chi connectivity index (χ1v) is 5.81. The quantitative estimate of drug-likeness (QED) is 0.857. The summed E-state index contributed by atoms with van der Waals surface area (Å²) in [6.45, 7) is 4.50. The molecule has 0 amide bonds. The fourth-order valence-electron chi connectivity index (χ4n) is 2.00. The summed E-state index contributed by atoms with van der Waals surface area (Å²) in [6, 6.07) is 9.52. The number of benzene rings is 2. The minimum absolute atomic E-state index is 0.189. The summed E-state index contributed by atoms with van der Waals surface area (Å²) in [5.74, 6) is -0.889. The second-order valence-corrected chi connectivity index (χ2v) is 4.47. The Bertz CT molecular complexity index is 544. The first-order valence-electron chi connectivity index (χ1n) is 5.81. The summed E-state index contributed by atoms with van der Waals surface area (Å²) >= 11 is 0. The zero-order chi connectivity index (χ0) is 13.1. The Hall–Kier alpha value is -1.90. The highest BCUT2D eigenvalue weighted by atomic mass is 19.1. The van der Waals surface area contributed by atoms with Crippen LogP contribution in [0.4, 0.5) is 14.5 Å².